The summed E-state index contributed by atoms with van der Waals surface area (Å²) in [5.41, 5.74) is 1.19. The summed E-state index contributed by atoms with van der Waals surface area (Å²) in [6.45, 7) is 8.08. The molecule has 0 unspecified atom stereocenters. The minimum absolute atomic E-state index is 0.938. The average Bonchev–Trinajstić information content (AvgIpc) is 3.01. The number of aromatic nitrogens is 2. The van der Waals surface area contributed by atoms with E-state index in [4.69, 9.17) is 0 Å². The summed E-state index contributed by atoms with van der Waals surface area (Å²) in [6.07, 6.45) is 6.23. The molecule has 1 aliphatic heterocycles. The lowest BCUT2D eigenvalue weighted by molar-refractivity contribution is 0.331. The van der Waals surface area contributed by atoms with E-state index in [0.29, 0.717) is 0 Å². The highest BCUT2D eigenvalue weighted by Gasteiger charge is 2.10. The van der Waals surface area contributed by atoms with Gasteiger partial charge in [0.1, 0.15) is 0 Å². The van der Waals surface area contributed by atoms with Crippen LogP contribution in [0.3, 0.4) is 0 Å². The molecule has 0 saturated carbocycles. The fourth-order valence-corrected chi connectivity index (χ4v) is 3.08. The molecule has 0 amide bonds. The van der Waals surface area contributed by atoms with Crippen LogP contribution in [0.2, 0.25) is 0 Å². The fourth-order valence-electron chi connectivity index (χ4n) is 2.42. The highest BCUT2D eigenvalue weighted by atomic mass is 32.1. The van der Waals surface area contributed by atoms with E-state index in [-0.39, 0.29) is 0 Å². The Morgan fingerprint density at radius 3 is 2.94 bits per heavy atom. The van der Waals surface area contributed by atoms with Crippen molar-refractivity contribution in [2.24, 2.45) is 0 Å². The summed E-state index contributed by atoms with van der Waals surface area (Å²) >= 11 is 1.54. The molecule has 0 radical (unpaired) electrons. The first-order valence-electron chi connectivity index (χ1n) is 7.13. The second-order valence-electron chi connectivity index (χ2n) is 4.97. The van der Waals surface area contributed by atoms with Crippen LogP contribution >= 0.6 is 11.5 Å². The SMILES string of the molecule is CCCc1nnsc1CNCCCN1CCCC1. The maximum atomic E-state index is 4.19. The Labute approximate surface area is 114 Å². The predicted molar refractivity (Wildman–Crippen MR) is 75.9 cm³/mol. The van der Waals surface area contributed by atoms with E-state index in [1.54, 1.807) is 0 Å². The standard InChI is InChI=1S/C13H24N4S/c1-2-6-12-13(18-16-15-12)11-14-7-5-10-17-8-3-4-9-17/h14H,2-11H2,1H3. The van der Waals surface area contributed by atoms with Crippen molar-refractivity contribution in [2.75, 3.05) is 26.2 Å². The summed E-state index contributed by atoms with van der Waals surface area (Å²) < 4.78 is 4.05. The van der Waals surface area contributed by atoms with Gasteiger partial charge in [-0.25, -0.2) is 0 Å². The van der Waals surface area contributed by atoms with Gasteiger partial charge >= 0.3 is 0 Å². The quantitative estimate of drug-likeness (QED) is 0.733. The van der Waals surface area contributed by atoms with Gasteiger partial charge in [0.2, 0.25) is 0 Å². The number of hydrogen-bond acceptors (Lipinski definition) is 5. The van der Waals surface area contributed by atoms with Crippen molar-refractivity contribution in [1.29, 1.82) is 0 Å². The van der Waals surface area contributed by atoms with Crippen molar-refractivity contribution >= 4 is 11.5 Å². The Bertz CT molecular complexity index is 333. The van der Waals surface area contributed by atoms with E-state index in [1.807, 2.05) is 0 Å². The van der Waals surface area contributed by atoms with E-state index in [2.05, 4.69) is 26.7 Å². The highest BCUT2D eigenvalue weighted by Crippen LogP contribution is 2.12. The summed E-state index contributed by atoms with van der Waals surface area (Å²) in [6, 6.07) is 0. The van der Waals surface area contributed by atoms with Gasteiger partial charge in [0.15, 0.2) is 0 Å². The number of nitrogens with zero attached hydrogens (tertiary/aromatic N) is 3. The molecule has 1 aromatic rings. The zero-order valence-electron chi connectivity index (χ0n) is 11.3. The van der Waals surface area contributed by atoms with Gasteiger partial charge in [0.25, 0.3) is 0 Å². The van der Waals surface area contributed by atoms with Gasteiger partial charge in [-0.15, -0.1) is 5.10 Å². The molecule has 1 fully saturated rings. The molecule has 1 saturated heterocycles. The topological polar surface area (TPSA) is 41.1 Å². The van der Waals surface area contributed by atoms with E-state index >= 15 is 0 Å². The molecule has 1 aliphatic rings. The predicted octanol–water partition coefficient (Wildman–Crippen LogP) is 2.07. The molecule has 5 heteroatoms. The van der Waals surface area contributed by atoms with E-state index < -0.39 is 0 Å². The number of nitrogens with one attached hydrogen (secondary N) is 1. The summed E-state index contributed by atoms with van der Waals surface area (Å²) in [4.78, 5) is 3.89. The molecule has 1 aromatic heterocycles. The fraction of sp³-hybridized carbons (Fsp3) is 0.846. The molecule has 18 heavy (non-hydrogen) atoms. The van der Waals surface area contributed by atoms with Crippen molar-refractivity contribution in [1.82, 2.24) is 19.8 Å². The molecule has 1 N–H and O–H groups in total. The van der Waals surface area contributed by atoms with Crippen LogP contribution in [0.4, 0.5) is 0 Å². The lowest BCUT2D eigenvalue weighted by Crippen LogP contribution is -2.24. The Morgan fingerprint density at radius 1 is 1.33 bits per heavy atom. The van der Waals surface area contributed by atoms with Crippen LogP contribution in [0, 0.1) is 0 Å². The summed E-state index contributed by atoms with van der Waals surface area (Å²) in [7, 11) is 0. The Balaban J connectivity index is 1.58. The van der Waals surface area contributed by atoms with Gasteiger partial charge in [-0.3, -0.25) is 0 Å². The summed E-state index contributed by atoms with van der Waals surface area (Å²) in [5, 5.41) is 7.70. The minimum atomic E-state index is 0.938. The third kappa shape index (κ3) is 4.30. The molecule has 4 nitrogen and oxygen atoms in total. The highest BCUT2D eigenvalue weighted by molar-refractivity contribution is 7.05. The number of likely N-dealkylation sites (tertiary alicyclic amines) is 1. The van der Waals surface area contributed by atoms with Crippen LogP contribution in [-0.2, 0) is 13.0 Å². The van der Waals surface area contributed by atoms with Gasteiger partial charge in [0.05, 0.1) is 10.6 Å². The maximum Gasteiger partial charge on any atom is 0.0800 e. The first kappa shape index (κ1) is 13.9. The van der Waals surface area contributed by atoms with E-state index in [0.717, 1.165) is 25.9 Å². The van der Waals surface area contributed by atoms with E-state index in [1.165, 1.54) is 61.0 Å². The lowest BCUT2D eigenvalue weighted by atomic mass is 10.2. The van der Waals surface area contributed by atoms with Gasteiger partial charge in [-0.05, 0) is 63.4 Å². The summed E-state index contributed by atoms with van der Waals surface area (Å²) in [5.74, 6) is 0. The number of hydrogen-bond donors (Lipinski definition) is 1. The largest absolute Gasteiger partial charge is 0.312 e. The van der Waals surface area contributed by atoms with Gasteiger partial charge in [-0.2, -0.15) is 0 Å². The normalized spacial score (nSPS) is 16.5. The van der Waals surface area contributed by atoms with Gasteiger partial charge in [0, 0.05) is 6.54 Å². The lowest BCUT2D eigenvalue weighted by Gasteiger charge is -2.14. The number of rotatable bonds is 8. The zero-order chi connectivity index (χ0) is 12.6. The van der Waals surface area contributed by atoms with Crippen molar-refractivity contribution in [3.8, 4) is 0 Å². The van der Waals surface area contributed by atoms with Crippen LogP contribution in [0.5, 0.6) is 0 Å². The Hall–Kier alpha value is -0.520. The Kier molecular flexibility index (Phi) is 6.04. The minimum Gasteiger partial charge on any atom is -0.312 e. The first-order chi connectivity index (χ1) is 8.90. The molecule has 0 aliphatic carbocycles. The molecular weight excluding hydrogens is 244 g/mol. The van der Waals surface area contributed by atoms with Gasteiger partial charge in [-0.1, -0.05) is 17.8 Å². The zero-order valence-corrected chi connectivity index (χ0v) is 12.1. The molecule has 2 rings (SSSR count). The van der Waals surface area contributed by atoms with Crippen LogP contribution in [0.25, 0.3) is 0 Å². The first-order valence-corrected chi connectivity index (χ1v) is 7.90. The second kappa shape index (κ2) is 7.81. The maximum absolute atomic E-state index is 4.19. The smallest absolute Gasteiger partial charge is 0.0800 e. The van der Waals surface area contributed by atoms with Crippen LogP contribution in [-0.4, -0.2) is 40.7 Å². The molecule has 102 valence electrons. The number of aryl methyl sites for hydroxylation is 1. The Morgan fingerprint density at radius 2 is 2.17 bits per heavy atom. The molecular formula is C13H24N4S. The van der Waals surface area contributed by atoms with E-state index in [9.17, 15) is 0 Å². The van der Waals surface area contributed by atoms with Crippen molar-refractivity contribution in [3.63, 3.8) is 0 Å². The molecule has 0 spiro atoms. The molecule has 0 atom stereocenters. The third-order valence-corrected chi connectivity index (χ3v) is 4.20. The third-order valence-electron chi connectivity index (χ3n) is 3.43. The van der Waals surface area contributed by atoms with Crippen LogP contribution in [0.15, 0.2) is 0 Å². The van der Waals surface area contributed by atoms with Crippen molar-refractivity contribution in [2.45, 2.75) is 45.6 Å². The molecule has 2 heterocycles. The second-order valence-corrected chi connectivity index (χ2v) is 5.81. The average molecular weight is 268 g/mol. The monoisotopic (exact) mass is 268 g/mol. The molecule has 0 aromatic carbocycles. The van der Waals surface area contributed by atoms with Gasteiger partial charge < -0.3 is 10.2 Å². The van der Waals surface area contributed by atoms with Crippen LogP contribution in [0.1, 0.15) is 43.2 Å². The van der Waals surface area contributed by atoms with Crippen molar-refractivity contribution in [3.05, 3.63) is 10.6 Å². The molecule has 0 bridgehead atoms. The van der Waals surface area contributed by atoms with Crippen molar-refractivity contribution < 1.29 is 0 Å². The van der Waals surface area contributed by atoms with Crippen LogP contribution < -0.4 is 5.32 Å².